The molecule has 5 heteroatoms. The van der Waals surface area contributed by atoms with E-state index in [2.05, 4.69) is 4.98 Å². The van der Waals surface area contributed by atoms with E-state index in [9.17, 15) is 13.2 Å². The Bertz CT molecular complexity index is 577. The topological polar surface area (TPSA) is 38.9 Å². The van der Waals surface area contributed by atoms with E-state index in [1.54, 1.807) is 13.0 Å². The minimum atomic E-state index is -4.40. The Morgan fingerprint density at radius 3 is 2.39 bits per heavy atom. The smallest absolute Gasteiger partial charge is 0.397 e. The number of hydrogen-bond donors (Lipinski definition) is 1. The molecule has 0 saturated heterocycles. The Morgan fingerprint density at radius 1 is 1.06 bits per heavy atom. The molecule has 2 aromatic rings. The fourth-order valence-electron chi connectivity index (χ4n) is 1.78. The first-order chi connectivity index (χ1) is 8.41. The fraction of sp³-hybridized carbons (Fsp3) is 0.154. The number of nitrogens with two attached hydrogens (primary N) is 1. The van der Waals surface area contributed by atoms with Crippen LogP contribution in [0, 0.1) is 6.92 Å². The summed E-state index contributed by atoms with van der Waals surface area (Å²) >= 11 is 0. The normalized spacial score (nSPS) is 11.6. The third kappa shape index (κ3) is 2.16. The van der Waals surface area contributed by atoms with Gasteiger partial charge in [0, 0.05) is 11.8 Å². The number of halogens is 3. The average molecular weight is 252 g/mol. The van der Waals surface area contributed by atoms with Crippen LogP contribution in [0.15, 0.2) is 36.7 Å². The second kappa shape index (κ2) is 4.33. The van der Waals surface area contributed by atoms with Gasteiger partial charge >= 0.3 is 6.18 Å². The van der Waals surface area contributed by atoms with Gasteiger partial charge < -0.3 is 5.73 Å². The number of rotatable bonds is 1. The number of hydrogen-bond acceptors (Lipinski definition) is 2. The summed E-state index contributed by atoms with van der Waals surface area (Å²) in [6, 6.07) is 5.40. The number of anilines is 1. The standard InChI is InChI=1S/C13H11F3N2/c1-8-10(6-18-7-12(8)17)9-4-2-3-5-11(9)13(14,15)16/h2-7H,17H2,1H3. The van der Waals surface area contributed by atoms with Crippen LogP contribution in [0.4, 0.5) is 18.9 Å². The third-order valence-electron chi connectivity index (χ3n) is 2.78. The Kier molecular flexibility index (Phi) is 2.98. The van der Waals surface area contributed by atoms with Gasteiger partial charge in [0.25, 0.3) is 0 Å². The van der Waals surface area contributed by atoms with Gasteiger partial charge in [-0.3, -0.25) is 4.98 Å². The van der Waals surface area contributed by atoms with Gasteiger partial charge in [0.15, 0.2) is 0 Å². The Morgan fingerprint density at radius 2 is 1.72 bits per heavy atom. The summed E-state index contributed by atoms with van der Waals surface area (Å²) in [4.78, 5) is 3.85. The average Bonchev–Trinajstić information content (AvgIpc) is 2.32. The minimum absolute atomic E-state index is 0.0994. The first kappa shape index (κ1) is 12.4. The molecular weight excluding hydrogens is 241 g/mol. The van der Waals surface area contributed by atoms with Crippen LogP contribution < -0.4 is 5.73 Å². The van der Waals surface area contributed by atoms with Crippen LogP contribution in [0.5, 0.6) is 0 Å². The molecule has 2 N–H and O–H groups in total. The van der Waals surface area contributed by atoms with E-state index in [1.807, 2.05) is 0 Å². The van der Waals surface area contributed by atoms with E-state index in [0.29, 0.717) is 16.8 Å². The molecular formula is C13H11F3N2. The lowest BCUT2D eigenvalue weighted by Gasteiger charge is -2.14. The largest absolute Gasteiger partial charge is 0.417 e. The van der Waals surface area contributed by atoms with Crippen molar-refractivity contribution in [3.63, 3.8) is 0 Å². The maximum atomic E-state index is 12.9. The summed E-state index contributed by atoms with van der Waals surface area (Å²) in [5, 5.41) is 0. The molecule has 0 fully saturated rings. The Labute approximate surface area is 102 Å². The molecule has 0 atom stereocenters. The van der Waals surface area contributed by atoms with Crippen LogP contribution in [0.1, 0.15) is 11.1 Å². The number of nitrogens with zero attached hydrogens (tertiary/aromatic N) is 1. The van der Waals surface area contributed by atoms with Gasteiger partial charge in [0.1, 0.15) is 0 Å². The highest BCUT2D eigenvalue weighted by Gasteiger charge is 2.33. The molecule has 0 aliphatic heterocycles. The quantitative estimate of drug-likeness (QED) is 0.841. The molecule has 0 bridgehead atoms. The molecule has 2 nitrogen and oxygen atoms in total. The molecule has 0 saturated carbocycles. The first-order valence-corrected chi connectivity index (χ1v) is 5.28. The summed E-state index contributed by atoms with van der Waals surface area (Å²) in [7, 11) is 0. The zero-order chi connectivity index (χ0) is 13.3. The van der Waals surface area contributed by atoms with Crippen LogP contribution in [-0.4, -0.2) is 4.98 Å². The maximum absolute atomic E-state index is 12.9. The number of benzene rings is 1. The molecule has 0 radical (unpaired) electrons. The van der Waals surface area contributed by atoms with Crippen LogP contribution in [0.3, 0.4) is 0 Å². The summed E-state index contributed by atoms with van der Waals surface area (Å²) in [5.74, 6) is 0. The highest BCUT2D eigenvalue weighted by Crippen LogP contribution is 2.38. The third-order valence-corrected chi connectivity index (χ3v) is 2.78. The van der Waals surface area contributed by atoms with E-state index >= 15 is 0 Å². The summed E-state index contributed by atoms with van der Waals surface area (Å²) in [6.07, 6.45) is -1.57. The Balaban J connectivity index is 2.69. The van der Waals surface area contributed by atoms with Gasteiger partial charge in [-0.15, -0.1) is 0 Å². The second-order valence-electron chi connectivity index (χ2n) is 3.94. The fourth-order valence-corrected chi connectivity index (χ4v) is 1.78. The molecule has 0 unspecified atom stereocenters. The van der Waals surface area contributed by atoms with Crippen molar-refractivity contribution in [3.8, 4) is 11.1 Å². The van der Waals surface area contributed by atoms with E-state index < -0.39 is 11.7 Å². The summed E-state index contributed by atoms with van der Waals surface area (Å²) < 4.78 is 38.7. The van der Waals surface area contributed by atoms with Crippen LogP contribution in [0.2, 0.25) is 0 Å². The number of aromatic nitrogens is 1. The van der Waals surface area contributed by atoms with Gasteiger partial charge in [-0.05, 0) is 24.1 Å². The van der Waals surface area contributed by atoms with Crippen molar-refractivity contribution in [2.75, 3.05) is 5.73 Å². The number of alkyl halides is 3. The van der Waals surface area contributed by atoms with E-state index in [1.165, 1.54) is 24.5 Å². The lowest BCUT2D eigenvalue weighted by molar-refractivity contribution is -0.137. The zero-order valence-electron chi connectivity index (χ0n) is 9.62. The highest BCUT2D eigenvalue weighted by molar-refractivity contribution is 5.74. The predicted octanol–water partition coefficient (Wildman–Crippen LogP) is 3.66. The van der Waals surface area contributed by atoms with Crippen LogP contribution >= 0.6 is 0 Å². The highest BCUT2D eigenvalue weighted by atomic mass is 19.4. The van der Waals surface area contributed by atoms with E-state index in [0.717, 1.165) is 6.07 Å². The molecule has 94 valence electrons. The number of pyridine rings is 1. The van der Waals surface area contributed by atoms with E-state index in [4.69, 9.17) is 5.73 Å². The molecule has 0 aliphatic rings. The van der Waals surface area contributed by atoms with Crippen LogP contribution in [0.25, 0.3) is 11.1 Å². The van der Waals surface area contributed by atoms with E-state index in [-0.39, 0.29) is 5.56 Å². The summed E-state index contributed by atoms with van der Waals surface area (Å²) in [6.45, 7) is 1.68. The van der Waals surface area contributed by atoms with Crippen molar-refractivity contribution < 1.29 is 13.2 Å². The lowest BCUT2D eigenvalue weighted by atomic mass is 9.97. The zero-order valence-corrected chi connectivity index (χ0v) is 9.62. The monoisotopic (exact) mass is 252 g/mol. The van der Waals surface area contributed by atoms with Gasteiger partial charge in [-0.25, -0.2) is 0 Å². The van der Waals surface area contributed by atoms with Crippen molar-refractivity contribution in [1.82, 2.24) is 4.98 Å². The van der Waals surface area contributed by atoms with Crippen molar-refractivity contribution in [3.05, 3.63) is 47.8 Å². The first-order valence-electron chi connectivity index (χ1n) is 5.28. The van der Waals surface area contributed by atoms with Gasteiger partial charge in [-0.1, -0.05) is 18.2 Å². The van der Waals surface area contributed by atoms with Crippen molar-refractivity contribution in [1.29, 1.82) is 0 Å². The number of nitrogen functional groups attached to an aromatic ring is 1. The van der Waals surface area contributed by atoms with Crippen molar-refractivity contribution in [2.24, 2.45) is 0 Å². The SMILES string of the molecule is Cc1c(N)cncc1-c1ccccc1C(F)(F)F. The molecule has 0 spiro atoms. The molecule has 0 aliphatic carbocycles. The van der Waals surface area contributed by atoms with Crippen molar-refractivity contribution in [2.45, 2.75) is 13.1 Å². The molecule has 1 aromatic carbocycles. The van der Waals surface area contributed by atoms with Gasteiger partial charge in [0.2, 0.25) is 0 Å². The molecule has 0 amide bonds. The molecule has 2 rings (SSSR count). The van der Waals surface area contributed by atoms with Gasteiger partial charge in [0.05, 0.1) is 17.4 Å². The molecule has 18 heavy (non-hydrogen) atoms. The van der Waals surface area contributed by atoms with Gasteiger partial charge in [-0.2, -0.15) is 13.2 Å². The Hall–Kier alpha value is -2.04. The maximum Gasteiger partial charge on any atom is 0.417 e. The predicted molar refractivity (Wildman–Crippen MR) is 63.8 cm³/mol. The minimum Gasteiger partial charge on any atom is -0.397 e. The van der Waals surface area contributed by atoms with Crippen LogP contribution in [-0.2, 0) is 6.18 Å². The molecule has 1 aromatic heterocycles. The second-order valence-corrected chi connectivity index (χ2v) is 3.94. The molecule has 1 heterocycles. The van der Waals surface area contributed by atoms with Crippen molar-refractivity contribution >= 4 is 5.69 Å². The summed E-state index contributed by atoms with van der Waals surface area (Å²) in [5.41, 5.74) is 6.48. The lowest BCUT2D eigenvalue weighted by Crippen LogP contribution is -2.07.